The van der Waals surface area contributed by atoms with Gasteiger partial charge in [0, 0.05) is 35.2 Å². The van der Waals surface area contributed by atoms with Gasteiger partial charge in [-0.05, 0) is 42.5 Å². The molecule has 148 valence electrons. The van der Waals surface area contributed by atoms with Crippen molar-refractivity contribution >= 4 is 43.4 Å². The van der Waals surface area contributed by atoms with Crippen molar-refractivity contribution < 1.29 is 22.4 Å². The van der Waals surface area contributed by atoms with Crippen LogP contribution in [-0.2, 0) is 14.6 Å². The average molecular weight is 409 g/mol. The van der Waals surface area contributed by atoms with Crippen LogP contribution >= 0.6 is 0 Å². The lowest BCUT2D eigenvalue weighted by atomic mass is 10.1. The van der Waals surface area contributed by atoms with Gasteiger partial charge in [-0.25, -0.2) is 8.42 Å². The molecule has 0 aliphatic rings. The summed E-state index contributed by atoms with van der Waals surface area (Å²) in [6, 6.07) is 19.1. The molecule has 0 aliphatic carbocycles. The maximum atomic E-state index is 12.5. The van der Waals surface area contributed by atoms with Crippen LogP contribution in [0.2, 0.25) is 0 Å². The van der Waals surface area contributed by atoms with Crippen LogP contribution in [0.15, 0.2) is 76.0 Å². The maximum absolute atomic E-state index is 12.5. The second-order valence-corrected chi connectivity index (χ2v) is 8.71. The molecule has 1 N–H and O–H groups in total. The molecule has 0 fully saturated rings. The molecule has 3 aromatic carbocycles. The first kappa shape index (κ1) is 19.2. The van der Waals surface area contributed by atoms with Crippen LogP contribution in [0.1, 0.15) is 10.4 Å². The van der Waals surface area contributed by atoms with Gasteiger partial charge < -0.3 is 14.5 Å². The van der Waals surface area contributed by atoms with E-state index in [4.69, 9.17) is 9.15 Å². The zero-order valence-corrected chi connectivity index (χ0v) is 16.5. The van der Waals surface area contributed by atoms with Gasteiger partial charge in [0.05, 0.1) is 17.3 Å². The summed E-state index contributed by atoms with van der Waals surface area (Å²) in [5.41, 5.74) is 2.43. The van der Waals surface area contributed by atoms with E-state index in [1.54, 1.807) is 6.07 Å². The first-order valence-electron chi connectivity index (χ1n) is 9.02. The standard InChI is InChI=1S/C22H19NO5S/c1-27-12-13-29(25,26)17-9-6-15(7-10-17)22(24)23-16-8-11-19-18-4-2-3-5-20(18)28-21(19)14-16/h2-11,14H,12-13H2,1H3,(H,23,24). The second-order valence-electron chi connectivity index (χ2n) is 6.60. The molecule has 0 radical (unpaired) electrons. The smallest absolute Gasteiger partial charge is 0.255 e. The SMILES string of the molecule is COCCS(=O)(=O)c1ccc(C(=O)Nc2ccc3c(c2)oc2ccccc23)cc1. The molecule has 0 atom stereocenters. The molecule has 4 rings (SSSR count). The fourth-order valence-electron chi connectivity index (χ4n) is 3.13. The highest BCUT2D eigenvalue weighted by Gasteiger charge is 2.15. The third kappa shape index (κ3) is 3.87. The highest BCUT2D eigenvalue weighted by atomic mass is 32.2. The van der Waals surface area contributed by atoms with Crippen LogP contribution < -0.4 is 5.32 Å². The summed E-state index contributed by atoms with van der Waals surface area (Å²) in [5.74, 6) is -0.437. The molecule has 0 saturated carbocycles. The number of hydrogen-bond acceptors (Lipinski definition) is 5. The molecule has 1 amide bonds. The van der Waals surface area contributed by atoms with E-state index in [1.807, 2.05) is 36.4 Å². The van der Waals surface area contributed by atoms with Crippen LogP contribution in [0.4, 0.5) is 5.69 Å². The van der Waals surface area contributed by atoms with Gasteiger partial charge in [0.1, 0.15) is 11.2 Å². The van der Waals surface area contributed by atoms with Crippen molar-refractivity contribution in [1.29, 1.82) is 0 Å². The zero-order valence-electron chi connectivity index (χ0n) is 15.7. The van der Waals surface area contributed by atoms with Gasteiger partial charge in [0.25, 0.3) is 5.91 Å². The fourth-order valence-corrected chi connectivity index (χ4v) is 4.30. The number of benzene rings is 3. The van der Waals surface area contributed by atoms with Crippen LogP contribution in [-0.4, -0.2) is 33.8 Å². The van der Waals surface area contributed by atoms with Gasteiger partial charge >= 0.3 is 0 Å². The molecule has 1 heterocycles. The quantitative estimate of drug-likeness (QED) is 0.514. The molecule has 7 heteroatoms. The number of furan rings is 1. The number of carbonyl (C=O) groups is 1. The Labute approximate surface area is 168 Å². The van der Waals surface area contributed by atoms with Gasteiger partial charge in [0.15, 0.2) is 9.84 Å². The predicted octanol–water partition coefficient (Wildman–Crippen LogP) is 4.26. The molecule has 0 unspecified atom stereocenters. The van der Waals surface area contributed by atoms with Gasteiger partial charge in [-0.15, -0.1) is 0 Å². The Kier molecular flexibility index (Phi) is 5.08. The van der Waals surface area contributed by atoms with Crippen LogP contribution in [0.25, 0.3) is 21.9 Å². The zero-order chi connectivity index (χ0) is 20.4. The molecular formula is C22H19NO5S. The van der Waals surface area contributed by atoms with Gasteiger partial charge in [-0.1, -0.05) is 18.2 Å². The third-order valence-corrected chi connectivity index (χ3v) is 6.36. The number of para-hydroxylation sites is 1. The molecule has 29 heavy (non-hydrogen) atoms. The average Bonchev–Trinajstić information content (AvgIpc) is 3.10. The van der Waals surface area contributed by atoms with E-state index in [9.17, 15) is 13.2 Å². The fraction of sp³-hybridized carbons (Fsp3) is 0.136. The molecule has 6 nitrogen and oxygen atoms in total. The van der Waals surface area contributed by atoms with E-state index in [-0.39, 0.29) is 23.2 Å². The van der Waals surface area contributed by atoms with Crippen molar-refractivity contribution in [3.05, 3.63) is 72.3 Å². The van der Waals surface area contributed by atoms with Crippen molar-refractivity contribution in [2.75, 3.05) is 24.8 Å². The largest absolute Gasteiger partial charge is 0.456 e. The van der Waals surface area contributed by atoms with E-state index < -0.39 is 9.84 Å². The number of sulfone groups is 1. The van der Waals surface area contributed by atoms with Gasteiger partial charge in [-0.2, -0.15) is 0 Å². The number of carbonyl (C=O) groups excluding carboxylic acids is 1. The predicted molar refractivity (Wildman–Crippen MR) is 112 cm³/mol. The maximum Gasteiger partial charge on any atom is 0.255 e. The first-order valence-corrected chi connectivity index (χ1v) is 10.7. The van der Waals surface area contributed by atoms with Gasteiger partial charge in [-0.3, -0.25) is 4.79 Å². The minimum absolute atomic E-state index is 0.105. The molecule has 0 spiro atoms. The van der Waals surface area contributed by atoms with E-state index in [0.717, 1.165) is 16.4 Å². The lowest BCUT2D eigenvalue weighted by Gasteiger charge is -2.07. The minimum Gasteiger partial charge on any atom is -0.456 e. The normalized spacial score (nSPS) is 11.8. The second kappa shape index (κ2) is 7.69. The molecule has 0 saturated heterocycles. The van der Waals surface area contributed by atoms with Crippen molar-refractivity contribution in [1.82, 2.24) is 0 Å². The molecule has 0 bridgehead atoms. The number of nitrogens with one attached hydrogen (secondary N) is 1. The Morgan fingerprint density at radius 1 is 0.966 bits per heavy atom. The molecule has 0 aliphatic heterocycles. The summed E-state index contributed by atoms with van der Waals surface area (Å²) in [4.78, 5) is 12.7. The van der Waals surface area contributed by atoms with E-state index in [2.05, 4.69) is 5.32 Å². The molecular weight excluding hydrogens is 390 g/mol. The number of ether oxygens (including phenoxy) is 1. The number of hydrogen-bond donors (Lipinski definition) is 1. The summed E-state index contributed by atoms with van der Waals surface area (Å²) < 4.78 is 35.0. The van der Waals surface area contributed by atoms with E-state index in [0.29, 0.717) is 16.8 Å². The molecule has 1 aromatic heterocycles. The van der Waals surface area contributed by atoms with Crippen LogP contribution in [0.3, 0.4) is 0 Å². The summed E-state index contributed by atoms with van der Waals surface area (Å²) in [5, 5.41) is 4.81. The highest BCUT2D eigenvalue weighted by Crippen LogP contribution is 2.30. The van der Waals surface area contributed by atoms with Crippen molar-refractivity contribution in [3.63, 3.8) is 0 Å². The summed E-state index contributed by atoms with van der Waals surface area (Å²) in [6.07, 6.45) is 0. The van der Waals surface area contributed by atoms with Crippen molar-refractivity contribution in [2.45, 2.75) is 4.90 Å². The number of amides is 1. The lowest BCUT2D eigenvalue weighted by Crippen LogP contribution is -2.14. The van der Waals surface area contributed by atoms with Crippen LogP contribution in [0.5, 0.6) is 0 Å². The van der Waals surface area contributed by atoms with Crippen LogP contribution in [0, 0.1) is 0 Å². The Morgan fingerprint density at radius 3 is 2.45 bits per heavy atom. The molecule has 4 aromatic rings. The summed E-state index contributed by atoms with van der Waals surface area (Å²) in [7, 11) is -1.98. The Balaban J connectivity index is 1.54. The minimum atomic E-state index is -3.43. The summed E-state index contributed by atoms with van der Waals surface area (Å²) in [6.45, 7) is 0.120. The Bertz CT molecular complexity index is 1290. The number of methoxy groups -OCH3 is 1. The summed E-state index contributed by atoms with van der Waals surface area (Å²) >= 11 is 0. The first-order chi connectivity index (χ1) is 14.0. The Morgan fingerprint density at radius 2 is 1.69 bits per heavy atom. The third-order valence-electron chi connectivity index (χ3n) is 4.67. The van der Waals surface area contributed by atoms with Crippen molar-refractivity contribution in [3.8, 4) is 0 Å². The van der Waals surface area contributed by atoms with E-state index >= 15 is 0 Å². The number of fused-ring (bicyclic) bond motifs is 3. The number of rotatable bonds is 6. The monoisotopic (exact) mass is 409 g/mol. The number of anilines is 1. The van der Waals surface area contributed by atoms with Gasteiger partial charge in [0.2, 0.25) is 0 Å². The lowest BCUT2D eigenvalue weighted by molar-refractivity contribution is 0.102. The topological polar surface area (TPSA) is 85.6 Å². The van der Waals surface area contributed by atoms with Crippen molar-refractivity contribution in [2.24, 2.45) is 0 Å². The van der Waals surface area contributed by atoms with E-state index in [1.165, 1.54) is 31.4 Å². The Hall–Kier alpha value is -3.16. The highest BCUT2D eigenvalue weighted by molar-refractivity contribution is 7.91.